The van der Waals surface area contributed by atoms with Crippen molar-refractivity contribution in [2.24, 2.45) is 7.05 Å². The first-order valence-corrected chi connectivity index (χ1v) is 17.5. The molecule has 0 bridgehead atoms. The minimum Gasteiger partial charge on any atom is -0.491 e. The van der Waals surface area contributed by atoms with Gasteiger partial charge in [-0.1, -0.05) is 6.07 Å². The molecule has 1 aliphatic rings. The number of nitrogens with zero attached hydrogens (tertiary/aromatic N) is 3. The average Bonchev–Trinajstić information content (AvgIpc) is 3.60. The molecule has 0 spiro atoms. The number of carbonyl (C=O) groups is 1. The van der Waals surface area contributed by atoms with E-state index in [2.05, 4.69) is 19.6 Å². The van der Waals surface area contributed by atoms with Crippen molar-refractivity contribution in [2.45, 2.75) is 25.9 Å². The van der Waals surface area contributed by atoms with E-state index >= 15 is 0 Å². The smallest absolute Gasteiger partial charge is 0.354 e. The standard InChI is InChI=1S/C35H37N5O8S/c1-3-49(44,45)38-23-7-10-32(29(19-23)30-22-39(2)34(41)33-28(30)11-14-36-33)48-27-6-4-5-26(20-27)47-18-17-46-25-12-15-40(16-13-25)24-8-9-31(35(42)43)37-21-24/h4-11,14,19-22,25,36,38H,3,12-13,15-18H2,1-2H3,(H,42,43). The van der Waals surface area contributed by atoms with Crippen molar-refractivity contribution in [3.05, 3.63) is 95.3 Å². The molecule has 3 aromatic heterocycles. The highest BCUT2D eigenvalue weighted by molar-refractivity contribution is 7.92. The number of benzene rings is 2. The molecule has 2 aromatic carbocycles. The Morgan fingerprint density at radius 2 is 1.84 bits per heavy atom. The first kappa shape index (κ1) is 33.6. The number of pyridine rings is 2. The molecule has 1 saturated heterocycles. The van der Waals surface area contributed by atoms with Crippen LogP contribution in [-0.4, -0.2) is 72.2 Å². The van der Waals surface area contributed by atoms with Crippen LogP contribution in [0.5, 0.6) is 17.2 Å². The van der Waals surface area contributed by atoms with Gasteiger partial charge < -0.3 is 33.8 Å². The maximum Gasteiger partial charge on any atom is 0.354 e. The van der Waals surface area contributed by atoms with Crippen LogP contribution in [0.4, 0.5) is 11.4 Å². The zero-order valence-electron chi connectivity index (χ0n) is 27.1. The van der Waals surface area contributed by atoms with Crippen LogP contribution in [-0.2, 0) is 21.8 Å². The number of sulfonamides is 1. The van der Waals surface area contributed by atoms with E-state index in [1.807, 2.05) is 12.1 Å². The van der Waals surface area contributed by atoms with Gasteiger partial charge in [0, 0.05) is 60.8 Å². The summed E-state index contributed by atoms with van der Waals surface area (Å²) in [5, 5.41) is 9.74. The third-order valence-electron chi connectivity index (χ3n) is 8.33. The van der Waals surface area contributed by atoms with Gasteiger partial charge >= 0.3 is 5.97 Å². The summed E-state index contributed by atoms with van der Waals surface area (Å²) in [5.74, 6) is 0.439. The Labute approximate surface area is 283 Å². The summed E-state index contributed by atoms with van der Waals surface area (Å²) in [4.78, 5) is 33.0. The van der Waals surface area contributed by atoms with Crippen LogP contribution in [0.2, 0.25) is 0 Å². The summed E-state index contributed by atoms with van der Waals surface area (Å²) in [5.41, 5.74) is 2.82. The second-order valence-electron chi connectivity index (χ2n) is 11.6. The SMILES string of the molecule is CCS(=O)(=O)Nc1ccc(Oc2cccc(OCCOC3CCN(c4ccc(C(=O)O)nc4)CC3)c2)c(-c2cn(C)c(=O)c3[nH]ccc23)c1. The summed E-state index contributed by atoms with van der Waals surface area (Å²) in [6.07, 6.45) is 6.74. The normalized spacial score (nSPS) is 13.8. The second-order valence-corrected chi connectivity index (χ2v) is 13.6. The van der Waals surface area contributed by atoms with Gasteiger partial charge in [-0.05, 0) is 68.3 Å². The molecule has 14 heteroatoms. The van der Waals surface area contributed by atoms with Crippen molar-refractivity contribution in [1.82, 2.24) is 14.5 Å². The van der Waals surface area contributed by atoms with Crippen molar-refractivity contribution < 1.29 is 32.5 Å². The number of aryl methyl sites for hydroxylation is 1. The number of H-pyrrole nitrogens is 1. The van der Waals surface area contributed by atoms with Gasteiger partial charge in [-0.25, -0.2) is 18.2 Å². The van der Waals surface area contributed by atoms with Crippen molar-refractivity contribution in [1.29, 1.82) is 0 Å². The molecule has 4 heterocycles. The number of aromatic nitrogens is 3. The van der Waals surface area contributed by atoms with E-state index < -0.39 is 16.0 Å². The third kappa shape index (κ3) is 7.87. The number of ether oxygens (including phenoxy) is 3. The van der Waals surface area contributed by atoms with Crippen molar-refractivity contribution in [3.8, 4) is 28.4 Å². The fraction of sp³-hybridized carbons (Fsp3) is 0.286. The maximum atomic E-state index is 12.7. The number of nitrogens with one attached hydrogen (secondary N) is 2. The van der Waals surface area contributed by atoms with Crippen LogP contribution in [0, 0.1) is 0 Å². The van der Waals surface area contributed by atoms with Crippen LogP contribution in [0.1, 0.15) is 30.3 Å². The Balaban J connectivity index is 1.10. The van der Waals surface area contributed by atoms with E-state index in [1.54, 1.807) is 75.0 Å². The largest absolute Gasteiger partial charge is 0.491 e. The lowest BCUT2D eigenvalue weighted by molar-refractivity contribution is 0.0202. The molecule has 3 N–H and O–H groups in total. The highest BCUT2D eigenvalue weighted by atomic mass is 32.2. The third-order valence-corrected chi connectivity index (χ3v) is 9.64. The Morgan fingerprint density at radius 1 is 1.04 bits per heavy atom. The topological polar surface area (TPSA) is 165 Å². The lowest BCUT2D eigenvalue weighted by atomic mass is 10.0. The van der Waals surface area contributed by atoms with E-state index in [0.717, 1.165) is 31.6 Å². The van der Waals surface area contributed by atoms with Crippen molar-refractivity contribution >= 4 is 38.3 Å². The number of aromatic carboxylic acids is 1. The molecular weight excluding hydrogens is 650 g/mol. The second kappa shape index (κ2) is 14.4. The molecular formula is C35H37N5O8S. The molecule has 0 atom stereocenters. The van der Waals surface area contributed by atoms with Gasteiger partial charge in [-0.15, -0.1) is 0 Å². The van der Waals surface area contributed by atoms with Crippen LogP contribution in [0.25, 0.3) is 22.0 Å². The van der Waals surface area contributed by atoms with Crippen LogP contribution in [0.3, 0.4) is 0 Å². The summed E-state index contributed by atoms with van der Waals surface area (Å²) in [6.45, 7) is 3.87. The van der Waals surface area contributed by atoms with E-state index in [-0.39, 0.29) is 23.1 Å². The molecule has 49 heavy (non-hydrogen) atoms. The highest BCUT2D eigenvalue weighted by Gasteiger charge is 2.21. The Kier molecular flexibility index (Phi) is 9.87. The summed E-state index contributed by atoms with van der Waals surface area (Å²) in [7, 11) is -1.87. The quantitative estimate of drug-likeness (QED) is 0.139. The molecule has 6 rings (SSSR count). The van der Waals surface area contributed by atoms with Crippen LogP contribution < -0.4 is 24.7 Å². The lowest BCUT2D eigenvalue weighted by Crippen LogP contribution is -2.37. The molecule has 13 nitrogen and oxygen atoms in total. The number of hydrogen-bond donors (Lipinski definition) is 3. The molecule has 0 aliphatic carbocycles. The van der Waals surface area contributed by atoms with Crippen molar-refractivity contribution in [2.75, 3.05) is 41.7 Å². The lowest BCUT2D eigenvalue weighted by Gasteiger charge is -2.33. The van der Waals surface area contributed by atoms with Gasteiger partial charge in [0.2, 0.25) is 10.0 Å². The van der Waals surface area contributed by atoms with E-state index in [9.17, 15) is 18.0 Å². The van der Waals surface area contributed by atoms with Gasteiger partial charge in [0.1, 0.15) is 35.1 Å². The van der Waals surface area contributed by atoms with Crippen molar-refractivity contribution in [3.63, 3.8) is 0 Å². The molecule has 1 fully saturated rings. The van der Waals surface area contributed by atoms with Crippen LogP contribution >= 0.6 is 0 Å². The molecule has 1 aliphatic heterocycles. The first-order valence-electron chi connectivity index (χ1n) is 15.9. The molecule has 5 aromatic rings. The summed E-state index contributed by atoms with van der Waals surface area (Å²) < 4.78 is 47.2. The molecule has 0 saturated carbocycles. The minimum atomic E-state index is -3.53. The summed E-state index contributed by atoms with van der Waals surface area (Å²) in [6, 6.07) is 17.3. The van der Waals surface area contributed by atoms with E-state index in [0.29, 0.717) is 58.2 Å². The molecule has 0 unspecified atom stereocenters. The predicted molar refractivity (Wildman–Crippen MR) is 186 cm³/mol. The van der Waals surface area contributed by atoms with Gasteiger partial charge in [0.25, 0.3) is 5.56 Å². The number of rotatable bonds is 13. The van der Waals surface area contributed by atoms with Crippen LogP contribution in [0.15, 0.2) is 84.0 Å². The van der Waals surface area contributed by atoms with Gasteiger partial charge in [-0.2, -0.15) is 0 Å². The monoisotopic (exact) mass is 687 g/mol. The van der Waals surface area contributed by atoms with E-state index in [4.69, 9.17) is 19.3 Å². The zero-order chi connectivity index (χ0) is 34.5. The number of carboxylic acid groups (broad SMARTS) is 1. The number of aromatic amines is 1. The fourth-order valence-corrected chi connectivity index (χ4v) is 6.37. The Bertz CT molecular complexity index is 2120. The zero-order valence-corrected chi connectivity index (χ0v) is 27.9. The number of hydrogen-bond acceptors (Lipinski definition) is 9. The molecule has 0 radical (unpaired) electrons. The average molecular weight is 688 g/mol. The van der Waals surface area contributed by atoms with Gasteiger partial charge in [-0.3, -0.25) is 9.52 Å². The first-order chi connectivity index (χ1) is 23.6. The van der Waals surface area contributed by atoms with Gasteiger partial charge in [0.15, 0.2) is 0 Å². The highest BCUT2D eigenvalue weighted by Crippen LogP contribution is 2.39. The minimum absolute atomic E-state index is 0.0250. The Morgan fingerprint density at radius 3 is 2.57 bits per heavy atom. The summed E-state index contributed by atoms with van der Waals surface area (Å²) >= 11 is 0. The fourth-order valence-electron chi connectivity index (χ4n) is 5.74. The number of anilines is 2. The number of piperidine rings is 1. The molecule has 0 amide bonds. The van der Waals surface area contributed by atoms with E-state index in [1.165, 1.54) is 10.6 Å². The molecule has 256 valence electrons. The maximum absolute atomic E-state index is 12.7. The number of fused-ring (bicyclic) bond motifs is 1. The number of carboxylic acids is 1. The Hall–Kier alpha value is -5.34. The predicted octanol–water partition coefficient (Wildman–Crippen LogP) is 5.25. The van der Waals surface area contributed by atoms with Gasteiger partial charge in [0.05, 0.1) is 30.3 Å².